The van der Waals surface area contributed by atoms with Crippen molar-refractivity contribution in [2.45, 2.75) is 12.8 Å². The van der Waals surface area contributed by atoms with Crippen molar-refractivity contribution in [2.75, 3.05) is 32.7 Å². The molecular weight excluding hydrogens is 338 g/mol. The first kappa shape index (κ1) is 19.2. The Morgan fingerprint density at radius 3 is 2.68 bits per heavy atom. The minimum Gasteiger partial charge on any atom is -0.352 e. The molecule has 25 heavy (non-hydrogen) atoms. The Morgan fingerprint density at radius 1 is 1.04 bits per heavy atom. The van der Waals surface area contributed by atoms with Gasteiger partial charge in [0.05, 0.1) is 0 Å². The summed E-state index contributed by atoms with van der Waals surface area (Å²) < 4.78 is 0. The summed E-state index contributed by atoms with van der Waals surface area (Å²) >= 11 is 0. The fourth-order valence-corrected chi connectivity index (χ4v) is 2.97. The van der Waals surface area contributed by atoms with Crippen molar-refractivity contribution in [3.05, 3.63) is 48.0 Å². The van der Waals surface area contributed by atoms with E-state index in [9.17, 15) is 9.59 Å². The molecule has 1 saturated heterocycles. The van der Waals surface area contributed by atoms with E-state index in [1.807, 2.05) is 47.4 Å². The van der Waals surface area contributed by atoms with Crippen LogP contribution in [0.5, 0.6) is 0 Å². The Hall–Kier alpha value is -2.11. The molecule has 0 bridgehead atoms. The lowest BCUT2D eigenvalue weighted by molar-refractivity contribution is -0.130. The molecule has 5 nitrogen and oxygen atoms in total. The van der Waals surface area contributed by atoms with Crippen LogP contribution in [0.15, 0.2) is 42.5 Å². The molecule has 6 heteroatoms. The molecular formula is C19H24ClN3O2. The van der Waals surface area contributed by atoms with Gasteiger partial charge in [0.25, 0.3) is 5.91 Å². The number of nitrogens with one attached hydrogen (secondary N) is 2. The lowest BCUT2D eigenvalue weighted by Crippen LogP contribution is -2.36. The van der Waals surface area contributed by atoms with Crippen LogP contribution in [-0.2, 0) is 4.79 Å². The van der Waals surface area contributed by atoms with E-state index in [2.05, 4.69) is 10.6 Å². The average Bonchev–Trinajstić information content (AvgIpc) is 2.90. The summed E-state index contributed by atoms with van der Waals surface area (Å²) in [6.07, 6.45) is 1.33. The van der Waals surface area contributed by atoms with Gasteiger partial charge in [0.1, 0.15) is 0 Å². The van der Waals surface area contributed by atoms with E-state index in [0.717, 1.165) is 43.4 Å². The van der Waals surface area contributed by atoms with E-state index in [1.165, 1.54) is 0 Å². The third kappa shape index (κ3) is 5.18. The third-order valence-corrected chi connectivity index (χ3v) is 4.33. The molecule has 0 saturated carbocycles. The molecule has 2 aromatic carbocycles. The lowest BCUT2D eigenvalue weighted by atomic mass is 10.1. The number of carbonyl (C=O) groups is 2. The normalized spacial score (nSPS) is 14.5. The highest BCUT2D eigenvalue weighted by molar-refractivity contribution is 5.98. The number of hydrogen-bond acceptors (Lipinski definition) is 3. The van der Waals surface area contributed by atoms with E-state index < -0.39 is 0 Å². The molecule has 2 aromatic rings. The molecule has 1 aliphatic heterocycles. The first-order chi connectivity index (χ1) is 11.7. The second-order valence-corrected chi connectivity index (χ2v) is 6.05. The van der Waals surface area contributed by atoms with Gasteiger partial charge in [-0.25, -0.2) is 0 Å². The van der Waals surface area contributed by atoms with E-state index in [1.54, 1.807) is 0 Å². The van der Waals surface area contributed by atoms with Gasteiger partial charge in [-0.15, -0.1) is 12.4 Å². The summed E-state index contributed by atoms with van der Waals surface area (Å²) in [6, 6.07) is 13.6. The Balaban J connectivity index is 0.00000225. The van der Waals surface area contributed by atoms with Gasteiger partial charge in [-0.1, -0.05) is 30.3 Å². The van der Waals surface area contributed by atoms with Crippen molar-refractivity contribution in [1.29, 1.82) is 0 Å². The molecule has 0 atom stereocenters. The zero-order chi connectivity index (χ0) is 16.8. The minimum atomic E-state index is -0.133. The minimum absolute atomic E-state index is 0. The second-order valence-electron chi connectivity index (χ2n) is 6.05. The highest BCUT2D eigenvalue weighted by Crippen LogP contribution is 2.15. The monoisotopic (exact) mass is 361 g/mol. The van der Waals surface area contributed by atoms with E-state index in [-0.39, 0.29) is 24.2 Å². The number of halogens is 1. The van der Waals surface area contributed by atoms with Crippen LogP contribution in [0.1, 0.15) is 23.2 Å². The number of nitrogens with zero attached hydrogens (tertiary/aromatic N) is 1. The van der Waals surface area contributed by atoms with Crippen LogP contribution in [0, 0.1) is 0 Å². The largest absolute Gasteiger partial charge is 0.352 e. The molecule has 3 rings (SSSR count). The van der Waals surface area contributed by atoms with Gasteiger partial charge in [0, 0.05) is 38.2 Å². The van der Waals surface area contributed by atoms with Crippen molar-refractivity contribution >= 4 is 35.0 Å². The quantitative estimate of drug-likeness (QED) is 0.877. The summed E-state index contributed by atoms with van der Waals surface area (Å²) in [5.74, 6) is -0.0244. The maximum absolute atomic E-state index is 12.3. The third-order valence-electron chi connectivity index (χ3n) is 4.33. The Morgan fingerprint density at radius 2 is 1.84 bits per heavy atom. The zero-order valence-corrected chi connectivity index (χ0v) is 15.0. The maximum Gasteiger partial charge on any atom is 0.251 e. The van der Waals surface area contributed by atoms with E-state index in [4.69, 9.17) is 0 Å². The topological polar surface area (TPSA) is 61.4 Å². The summed E-state index contributed by atoms with van der Waals surface area (Å²) in [6.45, 7) is 3.72. The number of hydrogen-bond donors (Lipinski definition) is 2. The summed E-state index contributed by atoms with van der Waals surface area (Å²) in [5, 5.41) is 8.28. The smallest absolute Gasteiger partial charge is 0.251 e. The van der Waals surface area contributed by atoms with Crippen LogP contribution in [0.25, 0.3) is 10.8 Å². The Labute approximate surface area is 154 Å². The van der Waals surface area contributed by atoms with Gasteiger partial charge in [-0.05, 0) is 35.9 Å². The van der Waals surface area contributed by atoms with Gasteiger partial charge in [-0.3, -0.25) is 9.59 Å². The number of carbonyl (C=O) groups excluding carboxylic acids is 2. The van der Waals surface area contributed by atoms with Crippen molar-refractivity contribution < 1.29 is 9.59 Å². The lowest BCUT2D eigenvalue weighted by Gasteiger charge is -2.20. The molecule has 1 fully saturated rings. The second kappa shape index (κ2) is 9.39. The summed E-state index contributed by atoms with van der Waals surface area (Å²) in [4.78, 5) is 26.3. The standard InChI is InChI=1S/C19H23N3O2.ClH/c23-18(22-12-3-9-20-11-13-22)8-10-21-19(24)17-7-6-15-4-1-2-5-16(15)14-17;/h1-2,4-7,14,20H,3,8-13H2,(H,21,24);1H. The number of rotatable bonds is 4. The van der Waals surface area contributed by atoms with Gasteiger partial charge in [0.15, 0.2) is 0 Å². The Kier molecular flexibility index (Phi) is 7.22. The first-order valence-electron chi connectivity index (χ1n) is 8.49. The highest BCUT2D eigenvalue weighted by atomic mass is 35.5. The molecule has 1 heterocycles. The van der Waals surface area contributed by atoms with Crippen molar-refractivity contribution in [2.24, 2.45) is 0 Å². The molecule has 0 unspecified atom stereocenters. The van der Waals surface area contributed by atoms with Crippen LogP contribution >= 0.6 is 12.4 Å². The van der Waals surface area contributed by atoms with Gasteiger partial charge < -0.3 is 15.5 Å². The predicted molar refractivity (Wildman–Crippen MR) is 102 cm³/mol. The zero-order valence-electron chi connectivity index (χ0n) is 14.2. The van der Waals surface area contributed by atoms with Crippen molar-refractivity contribution in [3.63, 3.8) is 0 Å². The molecule has 2 N–H and O–H groups in total. The van der Waals surface area contributed by atoms with Gasteiger partial charge in [-0.2, -0.15) is 0 Å². The first-order valence-corrected chi connectivity index (χ1v) is 8.49. The average molecular weight is 362 g/mol. The maximum atomic E-state index is 12.3. The van der Waals surface area contributed by atoms with E-state index in [0.29, 0.717) is 18.5 Å². The molecule has 134 valence electrons. The number of fused-ring (bicyclic) bond motifs is 1. The number of amides is 2. The van der Waals surface area contributed by atoms with Crippen molar-refractivity contribution in [3.8, 4) is 0 Å². The van der Waals surface area contributed by atoms with Crippen LogP contribution in [0.2, 0.25) is 0 Å². The molecule has 0 aromatic heterocycles. The fraction of sp³-hybridized carbons (Fsp3) is 0.368. The van der Waals surface area contributed by atoms with Crippen LogP contribution < -0.4 is 10.6 Å². The Bertz CT molecular complexity index is 727. The van der Waals surface area contributed by atoms with Gasteiger partial charge in [0.2, 0.25) is 5.91 Å². The SMILES string of the molecule is Cl.O=C(NCCC(=O)N1CCCNCC1)c1ccc2ccccc2c1. The molecule has 0 spiro atoms. The van der Waals surface area contributed by atoms with Gasteiger partial charge >= 0.3 is 0 Å². The summed E-state index contributed by atoms with van der Waals surface area (Å²) in [7, 11) is 0. The van der Waals surface area contributed by atoms with Crippen LogP contribution in [0.3, 0.4) is 0 Å². The van der Waals surface area contributed by atoms with Crippen LogP contribution in [0.4, 0.5) is 0 Å². The fourth-order valence-electron chi connectivity index (χ4n) is 2.97. The predicted octanol–water partition coefficient (Wildman–Crippen LogP) is 2.20. The highest BCUT2D eigenvalue weighted by Gasteiger charge is 2.15. The molecule has 0 aliphatic carbocycles. The van der Waals surface area contributed by atoms with Crippen LogP contribution in [-0.4, -0.2) is 49.4 Å². The molecule has 1 aliphatic rings. The van der Waals surface area contributed by atoms with E-state index >= 15 is 0 Å². The molecule has 2 amide bonds. The number of benzene rings is 2. The van der Waals surface area contributed by atoms with Crippen molar-refractivity contribution in [1.82, 2.24) is 15.5 Å². The molecule has 0 radical (unpaired) electrons. The summed E-state index contributed by atoms with van der Waals surface area (Å²) in [5.41, 5.74) is 0.625.